The molecule has 2 rings (SSSR count). The van der Waals surface area contributed by atoms with Crippen molar-refractivity contribution in [2.75, 3.05) is 31.2 Å². The average molecular weight is 312 g/mol. The molecule has 0 saturated heterocycles. The van der Waals surface area contributed by atoms with E-state index < -0.39 is 10.0 Å². The normalized spacial score (nSPS) is 16.5. The van der Waals surface area contributed by atoms with Gasteiger partial charge in [-0.05, 0) is 38.1 Å². The van der Waals surface area contributed by atoms with Crippen LogP contribution in [0.1, 0.15) is 25.7 Å². The van der Waals surface area contributed by atoms with Crippen molar-refractivity contribution in [3.05, 3.63) is 18.2 Å². The van der Waals surface area contributed by atoms with E-state index in [1.165, 1.54) is 37.8 Å². The number of primary sulfonamides is 1. The molecule has 0 atom stereocenters. The van der Waals surface area contributed by atoms with E-state index in [1.54, 1.807) is 6.07 Å². The zero-order valence-electron chi connectivity index (χ0n) is 12.4. The first-order valence-electron chi connectivity index (χ1n) is 7.24. The van der Waals surface area contributed by atoms with Crippen LogP contribution in [0.2, 0.25) is 0 Å². The molecule has 1 aromatic carbocycles. The number of hydrogen-bond acceptors (Lipinski definition) is 5. The van der Waals surface area contributed by atoms with Crippen LogP contribution in [0, 0.1) is 0 Å². The van der Waals surface area contributed by atoms with Crippen molar-refractivity contribution in [1.29, 1.82) is 0 Å². The fourth-order valence-corrected chi connectivity index (χ4v) is 3.30. The van der Waals surface area contributed by atoms with E-state index in [0.717, 1.165) is 6.54 Å². The molecule has 0 heterocycles. The van der Waals surface area contributed by atoms with E-state index in [-0.39, 0.29) is 4.90 Å². The maximum Gasteiger partial charge on any atom is 0.238 e. The third kappa shape index (κ3) is 4.33. The van der Waals surface area contributed by atoms with Gasteiger partial charge in [-0.3, -0.25) is 0 Å². The van der Waals surface area contributed by atoms with Crippen LogP contribution in [0.5, 0.6) is 0 Å². The summed E-state index contributed by atoms with van der Waals surface area (Å²) in [7, 11) is -1.58. The van der Waals surface area contributed by atoms with Gasteiger partial charge in [0.2, 0.25) is 10.0 Å². The highest BCUT2D eigenvalue weighted by Crippen LogP contribution is 2.23. The highest BCUT2D eigenvalue weighted by molar-refractivity contribution is 7.89. The minimum atomic E-state index is -3.70. The summed E-state index contributed by atoms with van der Waals surface area (Å²) >= 11 is 0. The molecule has 1 aliphatic carbocycles. The Morgan fingerprint density at radius 2 is 2.00 bits per heavy atom. The van der Waals surface area contributed by atoms with Crippen molar-refractivity contribution in [2.24, 2.45) is 5.14 Å². The predicted molar refractivity (Wildman–Crippen MR) is 85.6 cm³/mol. The summed E-state index contributed by atoms with van der Waals surface area (Å²) in [5.41, 5.74) is 6.99. The van der Waals surface area contributed by atoms with Gasteiger partial charge in [0.15, 0.2) is 0 Å². The number of anilines is 2. The van der Waals surface area contributed by atoms with Crippen LogP contribution in [-0.4, -0.2) is 39.5 Å². The molecule has 1 aromatic rings. The first-order valence-corrected chi connectivity index (χ1v) is 8.79. The second kappa shape index (κ2) is 6.64. The summed E-state index contributed by atoms with van der Waals surface area (Å²) in [6.45, 7) is 1.61. The lowest BCUT2D eigenvalue weighted by Crippen LogP contribution is -2.33. The van der Waals surface area contributed by atoms with Gasteiger partial charge in [0.05, 0.1) is 16.3 Å². The second-order valence-corrected chi connectivity index (χ2v) is 7.20. The SMILES string of the molecule is CN(CCNc1cc(S(N)(=O)=O)ccc1N)C1CCCC1. The van der Waals surface area contributed by atoms with E-state index in [0.29, 0.717) is 24.0 Å². The molecular formula is C14H24N4O2S. The molecule has 7 heteroatoms. The lowest BCUT2D eigenvalue weighted by Gasteiger charge is -2.24. The summed E-state index contributed by atoms with van der Waals surface area (Å²) in [4.78, 5) is 2.42. The van der Waals surface area contributed by atoms with Crippen molar-refractivity contribution >= 4 is 21.4 Å². The van der Waals surface area contributed by atoms with Gasteiger partial charge in [-0.15, -0.1) is 0 Å². The summed E-state index contributed by atoms with van der Waals surface area (Å²) in [5.74, 6) is 0. The first-order chi connectivity index (χ1) is 9.88. The fourth-order valence-electron chi connectivity index (χ4n) is 2.76. The summed E-state index contributed by atoms with van der Waals surface area (Å²) in [5, 5.41) is 8.32. The van der Waals surface area contributed by atoms with E-state index in [9.17, 15) is 8.42 Å². The molecular weight excluding hydrogens is 288 g/mol. The van der Waals surface area contributed by atoms with Crippen LogP contribution in [0.4, 0.5) is 11.4 Å². The highest BCUT2D eigenvalue weighted by atomic mass is 32.2. The van der Waals surface area contributed by atoms with Crippen molar-refractivity contribution in [3.63, 3.8) is 0 Å². The number of nitrogen functional groups attached to an aromatic ring is 1. The Labute approximate surface area is 126 Å². The maximum atomic E-state index is 11.4. The predicted octanol–water partition coefficient (Wildman–Crippen LogP) is 1.20. The van der Waals surface area contributed by atoms with Crippen LogP contribution in [-0.2, 0) is 10.0 Å². The zero-order chi connectivity index (χ0) is 15.5. The fraction of sp³-hybridized carbons (Fsp3) is 0.571. The van der Waals surface area contributed by atoms with E-state index in [4.69, 9.17) is 10.9 Å². The summed E-state index contributed by atoms with van der Waals surface area (Å²) < 4.78 is 22.7. The number of nitrogens with two attached hydrogens (primary N) is 2. The van der Waals surface area contributed by atoms with E-state index in [2.05, 4.69) is 17.3 Å². The third-order valence-corrected chi connectivity index (χ3v) is 4.99. The maximum absolute atomic E-state index is 11.4. The Balaban J connectivity index is 1.93. The number of nitrogens with one attached hydrogen (secondary N) is 1. The van der Waals surface area contributed by atoms with Crippen molar-refractivity contribution in [3.8, 4) is 0 Å². The molecule has 0 spiro atoms. The van der Waals surface area contributed by atoms with Crippen molar-refractivity contribution < 1.29 is 8.42 Å². The summed E-state index contributed by atoms with van der Waals surface area (Å²) in [6.07, 6.45) is 5.15. The molecule has 6 nitrogen and oxygen atoms in total. The van der Waals surface area contributed by atoms with Gasteiger partial charge in [-0.2, -0.15) is 0 Å². The van der Waals surface area contributed by atoms with E-state index in [1.807, 2.05) is 0 Å². The number of likely N-dealkylation sites (N-methyl/N-ethyl adjacent to an activating group) is 1. The smallest absolute Gasteiger partial charge is 0.238 e. The molecule has 0 aromatic heterocycles. The van der Waals surface area contributed by atoms with Gasteiger partial charge < -0.3 is 16.0 Å². The molecule has 0 unspecified atom stereocenters. The zero-order valence-corrected chi connectivity index (χ0v) is 13.2. The number of rotatable bonds is 6. The number of hydrogen-bond donors (Lipinski definition) is 3. The minimum absolute atomic E-state index is 0.0725. The standard InChI is InChI=1S/C14H24N4O2S/c1-18(11-4-2-3-5-11)9-8-17-14-10-12(21(16,19)20)6-7-13(14)15/h6-7,10-11,17H,2-5,8-9,15H2,1H3,(H2,16,19,20). The minimum Gasteiger partial charge on any atom is -0.397 e. The monoisotopic (exact) mass is 312 g/mol. The number of benzene rings is 1. The average Bonchev–Trinajstić information content (AvgIpc) is 2.93. The Morgan fingerprint density at radius 1 is 1.33 bits per heavy atom. The molecule has 118 valence electrons. The van der Waals surface area contributed by atoms with Crippen LogP contribution in [0.15, 0.2) is 23.1 Å². The largest absolute Gasteiger partial charge is 0.397 e. The summed E-state index contributed by atoms with van der Waals surface area (Å²) in [6, 6.07) is 5.13. The molecule has 5 N–H and O–H groups in total. The molecule has 0 radical (unpaired) electrons. The van der Waals surface area contributed by atoms with Gasteiger partial charge in [0.25, 0.3) is 0 Å². The quantitative estimate of drug-likeness (QED) is 0.685. The number of sulfonamides is 1. The lowest BCUT2D eigenvalue weighted by atomic mass is 10.2. The van der Waals surface area contributed by atoms with Gasteiger partial charge in [0.1, 0.15) is 0 Å². The Kier molecular flexibility index (Phi) is 5.08. The molecule has 0 amide bonds. The highest BCUT2D eigenvalue weighted by Gasteiger charge is 2.19. The van der Waals surface area contributed by atoms with Crippen LogP contribution >= 0.6 is 0 Å². The van der Waals surface area contributed by atoms with Crippen LogP contribution in [0.25, 0.3) is 0 Å². The number of nitrogens with zero attached hydrogens (tertiary/aromatic N) is 1. The Hall–Kier alpha value is -1.31. The lowest BCUT2D eigenvalue weighted by molar-refractivity contribution is 0.254. The Morgan fingerprint density at radius 3 is 2.62 bits per heavy atom. The molecule has 0 aliphatic heterocycles. The molecule has 1 fully saturated rings. The Bertz CT molecular complexity index is 583. The van der Waals surface area contributed by atoms with Gasteiger partial charge in [-0.1, -0.05) is 12.8 Å². The van der Waals surface area contributed by atoms with Crippen LogP contribution < -0.4 is 16.2 Å². The third-order valence-electron chi connectivity index (χ3n) is 4.08. The molecule has 1 aliphatic rings. The molecule has 0 bridgehead atoms. The second-order valence-electron chi connectivity index (χ2n) is 5.64. The topological polar surface area (TPSA) is 101 Å². The van der Waals surface area contributed by atoms with Gasteiger partial charge in [0, 0.05) is 19.1 Å². The first kappa shape index (κ1) is 16.1. The van der Waals surface area contributed by atoms with Crippen molar-refractivity contribution in [2.45, 2.75) is 36.6 Å². The van der Waals surface area contributed by atoms with Crippen molar-refractivity contribution in [1.82, 2.24) is 4.90 Å². The molecule has 1 saturated carbocycles. The van der Waals surface area contributed by atoms with Crippen LogP contribution in [0.3, 0.4) is 0 Å². The van der Waals surface area contributed by atoms with Gasteiger partial charge >= 0.3 is 0 Å². The van der Waals surface area contributed by atoms with Gasteiger partial charge in [-0.25, -0.2) is 13.6 Å². The molecule has 21 heavy (non-hydrogen) atoms. The van der Waals surface area contributed by atoms with E-state index >= 15 is 0 Å².